The first kappa shape index (κ1) is 18.4. The van der Waals surface area contributed by atoms with Gasteiger partial charge in [-0.25, -0.2) is 0 Å². The Morgan fingerprint density at radius 2 is 1.92 bits per heavy atom. The van der Waals surface area contributed by atoms with Crippen LogP contribution in [0, 0.1) is 0 Å². The van der Waals surface area contributed by atoms with Crippen molar-refractivity contribution in [2.45, 2.75) is 39.5 Å². The number of nitrogens with zero attached hydrogens (tertiary/aromatic N) is 2. The number of halogens is 1. The van der Waals surface area contributed by atoms with Crippen LogP contribution in [0.25, 0.3) is 11.5 Å². The average molecular weight is 372 g/mol. The number of aromatic nitrogens is 2. The molecule has 0 bridgehead atoms. The lowest BCUT2D eigenvalue weighted by molar-refractivity contribution is 0.217. The maximum atomic E-state index is 6.30. The highest BCUT2D eigenvalue weighted by molar-refractivity contribution is 6.32. The Labute approximate surface area is 158 Å². The molecule has 0 fully saturated rings. The maximum Gasteiger partial charge on any atom is 0.247 e. The van der Waals surface area contributed by atoms with Crippen molar-refractivity contribution in [1.29, 1.82) is 0 Å². The second kappa shape index (κ2) is 8.83. The molecule has 0 aliphatic heterocycles. The molecule has 3 aromatic rings. The van der Waals surface area contributed by atoms with Crippen LogP contribution < -0.4 is 10.1 Å². The van der Waals surface area contributed by atoms with Crippen molar-refractivity contribution >= 4 is 11.6 Å². The van der Waals surface area contributed by atoms with Gasteiger partial charge in [-0.05, 0) is 43.2 Å². The van der Waals surface area contributed by atoms with E-state index in [-0.39, 0.29) is 6.10 Å². The van der Waals surface area contributed by atoms with Crippen LogP contribution in [0.4, 0.5) is 0 Å². The Morgan fingerprint density at radius 1 is 1.12 bits per heavy atom. The molecule has 6 heteroatoms. The molecule has 1 atom stereocenters. The summed E-state index contributed by atoms with van der Waals surface area (Å²) in [5.41, 5.74) is 1.98. The van der Waals surface area contributed by atoms with Crippen LogP contribution in [-0.4, -0.2) is 16.3 Å². The van der Waals surface area contributed by atoms with Gasteiger partial charge >= 0.3 is 0 Å². The molecule has 5 nitrogen and oxygen atoms in total. The molecule has 3 rings (SSSR count). The van der Waals surface area contributed by atoms with E-state index in [1.807, 2.05) is 55.5 Å². The first-order chi connectivity index (χ1) is 12.7. The molecule has 1 aromatic heterocycles. The molecule has 0 aliphatic rings. The smallest absolute Gasteiger partial charge is 0.247 e. The number of nitrogens with one attached hydrogen (secondary N) is 1. The summed E-state index contributed by atoms with van der Waals surface area (Å²) in [4.78, 5) is 0. The number of rotatable bonds is 8. The molecule has 0 amide bonds. The molecule has 26 heavy (non-hydrogen) atoms. The Hall–Kier alpha value is -2.37. The van der Waals surface area contributed by atoms with E-state index >= 15 is 0 Å². The van der Waals surface area contributed by atoms with E-state index in [1.54, 1.807) is 0 Å². The summed E-state index contributed by atoms with van der Waals surface area (Å²) in [6.07, 6.45) is 1.09. The summed E-state index contributed by atoms with van der Waals surface area (Å²) < 4.78 is 11.5. The van der Waals surface area contributed by atoms with E-state index in [2.05, 4.69) is 22.4 Å². The highest BCUT2D eigenvalue weighted by Crippen LogP contribution is 2.27. The fourth-order valence-electron chi connectivity index (χ4n) is 2.39. The molecule has 0 aliphatic carbocycles. The molecule has 0 saturated heterocycles. The third-order valence-corrected chi connectivity index (χ3v) is 4.29. The Bertz CT molecular complexity index is 836. The molecule has 2 aromatic carbocycles. The van der Waals surface area contributed by atoms with E-state index in [4.69, 9.17) is 20.8 Å². The van der Waals surface area contributed by atoms with Gasteiger partial charge < -0.3 is 14.5 Å². The zero-order valence-electron chi connectivity index (χ0n) is 14.9. The number of ether oxygens (including phenoxy) is 1. The second-order valence-corrected chi connectivity index (χ2v) is 6.48. The van der Waals surface area contributed by atoms with Crippen molar-refractivity contribution < 1.29 is 9.15 Å². The van der Waals surface area contributed by atoms with Gasteiger partial charge in [0.05, 0.1) is 17.7 Å². The summed E-state index contributed by atoms with van der Waals surface area (Å²) >= 11 is 6.30. The molecule has 0 saturated carbocycles. The van der Waals surface area contributed by atoms with E-state index < -0.39 is 0 Å². The van der Waals surface area contributed by atoms with Gasteiger partial charge in [-0.15, -0.1) is 10.2 Å². The van der Waals surface area contributed by atoms with E-state index in [0.717, 1.165) is 17.5 Å². The largest absolute Gasteiger partial charge is 0.489 e. The second-order valence-electron chi connectivity index (χ2n) is 6.07. The van der Waals surface area contributed by atoms with Crippen molar-refractivity contribution in [2.24, 2.45) is 0 Å². The van der Waals surface area contributed by atoms with Gasteiger partial charge in [-0.3, -0.25) is 0 Å². The van der Waals surface area contributed by atoms with E-state index in [1.165, 1.54) is 0 Å². The summed E-state index contributed by atoms with van der Waals surface area (Å²) in [6.45, 7) is 5.24. The van der Waals surface area contributed by atoms with Crippen LogP contribution in [0.5, 0.6) is 5.75 Å². The molecule has 136 valence electrons. The van der Waals surface area contributed by atoms with Crippen LogP contribution in [-0.2, 0) is 13.1 Å². The molecule has 0 unspecified atom stereocenters. The number of hydrogen-bond donors (Lipinski definition) is 1. The summed E-state index contributed by atoms with van der Waals surface area (Å²) in [7, 11) is 0. The molecule has 0 radical (unpaired) electrons. The topological polar surface area (TPSA) is 60.2 Å². The number of hydrogen-bond acceptors (Lipinski definition) is 5. The molecule has 1 N–H and O–H groups in total. The van der Waals surface area contributed by atoms with Crippen molar-refractivity contribution in [1.82, 2.24) is 15.5 Å². The first-order valence-corrected chi connectivity index (χ1v) is 9.07. The third-order valence-electron chi connectivity index (χ3n) is 3.99. The summed E-state index contributed by atoms with van der Waals surface area (Å²) in [5, 5.41) is 12.1. The van der Waals surface area contributed by atoms with E-state index in [0.29, 0.717) is 35.6 Å². The van der Waals surface area contributed by atoms with Gasteiger partial charge in [0, 0.05) is 12.1 Å². The standard InChI is InChI=1S/C20H22ClN3O2/c1-3-14(2)25-18-10-9-15(11-17(18)21)12-22-13-19-23-24-20(26-19)16-7-5-4-6-8-16/h4-11,14,22H,3,12-13H2,1-2H3/t14-/m1/s1. The third kappa shape index (κ3) is 4.84. The quantitative estimate of drug-likeness (QED) is 0.612. The molecular formula is C20H22ClN3O2. The zero-order valence-corrected chi connectivity index (χ0v) is 15.7. The van der Waals surface area contributed by atoms with Gasteiger partial charge in [0.2, 0.25) is 11.8 Å². The molecule has 1 heterocycles. The summed E-state index contributed by atoms with van der Waals surface area (Å²) in [6, 6.07) is 15.5. The van der Waals surface area contributed by atoms with Gasteiger partial charge in [-0.2, -0.15) is 0 Å². The van der Waals surface area contributed by atoms with Crippen molar-refractivity contribution in [3.05, 3.63) is 65.0 Å². The minimum absolute atomic E-state index is 0.146. The lowest BCUT2D eigenvalue weighted by atomic mass is 10.2. The van der Waals surface area contributed by atoms with Gasteiger partial charge in [0.1, 0.15) is 5.75 Å². The monoisotopic (exact) mass is 371 g/mol. The SMILES string of the molecule is CC[C@@H](C)Oc1ccc(CNCc2nnc(-c3ccccc3)o2)cc1Cl. The lowest BCUT2D eigenvalue weighted by Crippen LogP contribution is -2.13. The van der Waals surface area contributed by atoms with Crippen LogP contribution in [0.15, 0.2) is 52.9 Å². The fourth-order valence-corrected chi connectivity index (χ4v) is 2.63. The van der Waals surface area contributed by atoms with Gasteiger partial charge in [0.15, 0.2) is 0 Å². The van der Waals surface area contributed by atoms with Crippen molar-refractivity contribution in [3.8, 4) is 17.2 Å². The minimum Gasteiger partial charge on any atom is -0.489 e. The normalized spacial score (nSPS) is 12.1. The Morgan fingerprint density at radius 3 is 2.65 bits per heavy atom. The number of benzene rings is 2. The zero-order chi connectivity index (χ0) is 18.4. The fraction of sp³-hybridized carbons (Fsp3) is 0.300. The van der Waals surface area contributed by atoms with Crippen molar-refractivity contribution in [2.75, 3.05) is 0 Å². The lowest BCUT2D eigenvalue weighted by Gasteiger charge is -2.14. The van der Waals surface area contributed by atoms with E-state index in [9.17, 15) is 0 Å². The predicted octanol–water partition coefficient (Wildman–Crippen LogP) is 4.86. The van der Waals surface area contributed by atoms with Gasteiger partial charge in [-0.1, -0.05) is 42.8 Å². The summed E-state index contributed by atoms with van der Waals surface area (Å²) in [5.74, 6) is 1.79. The molecular weight excluding hydrogens is 350 g/mol. The van der Waals surface area contributed by atoms with Crippen LogP contribution in [0.3, 0.4) is 0 Å². The molecule has 0 spiro atoms. The predicted molar refractivity (Wildman–Crippen MR) is 102 cm³/mol. The average Bonchev–Trinajstić information content (AvgIpc) is 3.13. The highest BCUT2D eigenvalue weighted by atomic mass is 35.5. The van der Waals surface area contributed by atoms with Crippen molar-refractivity contribution in [3.63, 3.8) is 0 Å². The maximum absolute atomic E-state index is 6.30. The Kier molecular flexibility index (Phi) is 6.26. The van der Waals surface area contributed by atoms with Crippen LogP contribution >= 0.6 is 11.6 Å². The highest BCUT2D eigenvalue weighted by Gasteiger charge is 2.09. The van der Waals surface area contributed by atoms with Gasteiger partial charge in [0.25, 0.3) is 0 Å². The van der Waals surface area contributed by atoms with Crippen LogP contribution in [0.2, 0.25) is 5.02 Å². The first-order valence-electron chi connectivity index (χ1n) is 8.69. The van der Waals surface area contributed by atoms with Crippen LogP contribution in [0.1, 0.15) is 31.7 Å². The Balaban J connectivity index is 1.54. The minimum atomic E-state index is 0.146.